The van der Waals surface area contributed by atoms with Crippen LogP contribution in [0.15, 0.2) is 27.8 Å². The van der Waals surface area contributed by atoms with Crippen molar-refractivity contribution in [3.05, 3.63) is 67.0 Å². The molecule has 0 bridgehead atoms. The Hall–Kier alpha value is -2.87. The van der Waals surface area contributed by atoms with Crippen molar-refractivity contribution in [2.45, 2.75) is 26.7 Å². The first-order valence-electron chi connectivity index (χ1n) is 7.94. The van der Waals surface area contributed by atoms with E-state index in [1.807, 2.05) is 6.92 Å². The molecule has 0 saturated heterocycles. The molecule has 5 N–H and O–H groups in total. The maximum atomic E-state index is 12.4. The van der Waals surface area contributed by atoms with Crippen molar-refractivity contribution in [3.8, 4) is 11.5 Å². The van der Waals surface area contributed by atoms with Gasteiger partial charge in [0.2, 0.25) is 0 Å². The molecule has 0 aliphatic carbocycles. The van der Waals surface area contributed by atoms with E-state index in [-0.39, 0.29) is 29.3 Å². The molecule has 0 unspecified atom stereocenters. The first kappa shape index (κ1) is 19.5. The third-order valence-corrected chi connectivity index (χ3v) is 4.22. The molecular weight excluding hydrogens is 360 g/mol. The smallest absolute Gasteiger partial charge is 0.268 e. The Morgan fingerprint density at radius 3 is 1.96 bits per heavy atom. The van der Waals surface area contributed by atoms with Gasteiger partial charge >= 0.3 is 0 Å². The van der Waals surface area contributed by atoms with Gasteiger partial charge in [-0.15, -0.1) is 12.4 Å². The van der Waals surface area contributed by atoms with Gasteiger partial charge in [0.05, 0.1) is 17.7 Å². The summed E-state index contributed by atoms with van der Waals surface area (Å²) in [7, 11) is 0. The fourth-order valence-corrected chi connectivity index (χ4v) is 3.07. The molecule has 26 heavy (non-hydrogen) atoms. The van der Waals surface area contributed by atoms with E-state index in [1.165, 1.54) is 6.07 Å². The normalized spacial score (nSPS) is 10.8. The number of phenols is 1. The lowest BCUT2D eigenvalue weighted by Gasteiger charge is -2.17. The molecule has 0 aliphatic heterocycles. The van der Waals surface area contributed by atoms with Crippen LogP contribution in [0.4, 0.5) is 0 Å². The van der Waals surface area contributed by atoms with Gasteiger partial charge in [-0.1, -0.05) is 6.07 Å². The van der Waals surface area contributed by atoms with E-state index >= 15 is 0 Å². The van der Waals surface area contributed by atoms with E-state index in [4.69, 9.17) is 4.74 Å². The fourth-order valence-electron chi connectivity index (χ4n) is 3.07. The van der Waals surface area contributed by atoms with E-state index < -0.39 is 5.92 Å². The molecule has 0 aliphatic rings. The number of H-pyrrole nitrogens is 4. The number of ether oxygens (including phenoxy) is 1. The first-order chi connectivity index (χ1) is 11.9. The Balaban J connectivity index is 0.00000243. The van der Waals surface area contributed by atoms with Crippen molar-refractivity contribution in [2.75, 3.05) is 6.61 Å². The number of nitrogens with one attached hydrogen (secondary N) is 4. The van der Waals surface area contributed by atoms with E-state index in [0.29, 0.717) is 40.4 Å². The molecule has 140 valence electrons. The Morgan fingerprint density at radius 2 is 1.54 bits per heavy atom. The zero-order valence-corrected chi connectivity index (χ0v) is 15.4. The minimum atomic E-state index is -0.607. The summed E-state index contributed by atoms with van der Waals surface area (Å²) in [6, 6.07) is 4.83. The molecule has 2 heterocycles. The molecular formula is C17H21ClN4O4. The number of phenolic OH excluding ortho intramolecular Hbond substituents is 1. The number of rotatable bonds is 5. The van der Waals surface area contributed by atoms with Gasteiger partial charge in [0.25, 0.3) is 11.1 Å². The minimum Gasteiger partial charge on any atom is -0.504 e. The van der Waals surface area contributed by atoms with Crippen molar-refractivity contribution in [1.82, 2.24) is 20.4 Å². The molecule has 0 radical (unpaired) electrons. The second kappa shape index (κ2) is 7.57. The van der Waals surface area contributed by atoms with Crippen molar-refractivity contribution in [1.29, 1.82) is 0 Å². The third kappa shape index (κ3) is 3.28. The first-order valence-corrected chi connectivity index (χ1v) is 7.94. The Kier molecular flexibility index (Phi) is 5.66. The van der Waals surface area contributed by atoms with Crippen LogP contribution >= 0.6 is 12.4 Å². The summed E-state index contributed by atoms with van der Waals surface area (Å²) in [5.74, 6) is -0.298. The lowest BCUT2D eigenvalue weighted by molar-refractivity contribution is 0.317. The van der Waals surface area contributed by atoms with E-state index in [0.717, 1.165) is 0 Å². The summed E-state index contributed by atoms with van der Waals surface area (Å²) < 4.78 is 5.45. The lowest BCUT2D eigenvalue weighted by Crippen LogP contribution is -2.20. The zero-order chi connectivity index (χ0) is 18.1. The lowest BCUT2D eigenvalue weighted by atomic mass is 9.85. The molecule has 9 heteroatoms. The van der Waals surface area contributed by atoms with Crippen LogP contribution in [0.1, 0.15) is 40.9 Å². The topological polar surface area (TPSA) is 127 Å². The second-order valence-corrected chi connectivity index (χ2v) is 5.83. The third-order valence-electron chi connectivity index (χ3n) is 4.22. The van der Waals surface area contributed by atoms with Crippen molar-refractivity contribution in [3.63, 3.8) is 0 Å². The monoisotopic (exact) mass is 380 g/mol. The van der Waals surface area contributed by atoms with E-state index in [9.17, 15) is 14.7 Å². The van der Waals surface area contributed by atoms with E-state index in [2.05, 4.69) is 20.4 Å². The highest BCUT2D eigenvalue weighted by Crippen LogP contribution is 2.36. The quantitative estimate of drug-likeness (QED) is 0.464. The summed E-state index contributed by atoms with van der Waals surface area (Å²) in [5.41, 5.74) is 2.24. The summed E-state index contributed by atoms with van der Waals surface area (Å²) in [6.07, 6.45) is 0. The predicted molar refractivity (Wildman–Crippen MR) is 99.8 cm³/mol. The van der Waals surface area contributed by atoms with Crippen LogP contribution < -0.4 is 15.9 Å². The SMILES string of the molecule is CCOc1cc(C(c2c(C)[nH][nH]c2=O)c2c(C)[nH][nH]c2=O)ccc1O.Cl. The van der Waals surface area contributed by atoms with Gasteiger partial charge in [-0.3, -0.25) is 19.8 Å². The van der Waals surface area contributed by atoms with Crippen LogP contribution in [-0.4, -0.2) is 32.1 Å². The number of hydrogen-bond donors (Lipinski definition) is 5. The largest absolute Gasteiger partial charge is 0.504 e. The van der Waals surface area contributed by atoms with Gasteiger partial charge < -0.3 is 20.0 Å². The Bertz CT molecular complexity index is 960. The van der Waals surface area contributed by atoms with Crippen LogP contribution in [0, 0.1) is 13.8 Å². The molecule has 0 saturated carbocycles. The van der Waals surface area contributed by atoms with Crippen LogP contribution in [0.2, 0.25) is 0 Å². The predicted octanol–water partition coefficient (Wildman–Crippen LogP) is 2.04. The molecule has 1 aromatic carbocycles. The molecule has 0 spiro atoms. The standard InChI is InChI=1S/C17H20N4O4.ClH/c1-4-25-12-7-10(5-6-11(12)22)15(13-8(2)18-20-16(13)23)14-9(3)19-21-17(14)24;/h5-7,15,22H,4H2,1-3H3,(H2,18,20,23)(H2,19,21,24);1H. The number of benzene rings is 1. The van der Waals surface area contributed by atoms with Crippen molar-refractivity contribution >= 4 is 12.4 Å². The molecule has 0 fully saturated rings. The van der Waals surface area contributed by atoms with Crippen LogP contribution in [0.3, 0.4) is 0 Å². The maximum Gasteiger partial charge on any atom is 0.268 e. The number of aryl methyl sites for hydroxylation is 2. The number of hydrogen-bond acceptors (Lipinski definition) is 4. The highest BCUT2D eigenvalue weighted by atomic mass is 35.5. The van der Waals surface area contributed by atoms with Crippen LogP contribution in [0.5, 0.6) is 11.5 Å². The number of aromatic amines is 4. The van der Waals surface area contributed by atoms with E-state index in [1.54, 1.807) is 26.0 Å². The number of aromatic nitrogens is 4. The highest BCUT2D eigenvalue weighted by Gasteiger charge is 2.28. The molecule has 2 aromatic heterocycles. The van der Waals surface area contributed by atoms with Crippen LogP contribution in [-0.2, 0) is 0 Å². The minimum absolute atomic E-state index is 0. The molecule has 0 atom stereocenters. The average molecular weight is 381 g/mol. The van der Waals surface area contributed by atoms with Gasteiger partial charge in [0.1, 0.15) is 0 Å². The van der Waals surface area contributed by atoms with Crippen molar-refractivity contribution in [2.24, 2.45) is 0 Å². The fraction of sp³-hybridized carbons (Fsp3) is 0.294. The summed E-state index contributed by atoms with van der Waals surface area (Å²) in [5, 5.41) is 20.7. The van der Waals surface area contributed by atoms with Crippen LogP contribution in [0.25, 0.3) is 0 Å². The Morgan fingerprint density at radius 1 is 1.00 bits per heavy atom. The highest BCUT2D eigenvalue weighted by molar-refractivity contribution is 5.85. The van der Waals surface area contributed by atoms with Crippen molar-refractivity contribution < 1.29 is 9.84 Å². The molecule has 3 rings (SSSR count). The second-order valence-electron chi connectivity index (χ2n) is 5.83. The average Bonchev–Trinajstić information content (AvgIpc) is 3.08. The van der Waals surface area contributed by atoms with Gasteiger partial charge in [-0.2, -0.15) is 0 Å². The summed E-state index contributed by atoms with van der Waals surface area (Å²) in [4.78, 5) is 24.7. The molecule has 0 amide bonds. The zero-order valence-electron chi connectivity index (χ0n) is 14.6. The summed E-state index contributed by atoms with van der Waals surface area (Å²) >= 11 is 0. The number of halogens is 1. The maximum absolute atomic E-state index is 12.4. The number of aromatic hydroxyl groups is 1. The van der Waals surface area contributed by atoms with Gasteiger partial charge in [0.15, 0.2) is 11.5 Å². The molecule has 3 aromatic rings. The van der Waals surface area contributed by atoms with Gasteiger partial charge in [-0.25, -0.2) is 0 Å². The molecule has 8 nitrogen and oxygen atoms in total. The van der Waals surface area contributed by atoms with Gasteiger partial charge in [0, 0.05) is 17.3 Å². The van der Waals surface area contributed by atoms with Gasteiger partial charge in [-0.05, 0) is 38.5 Å². The summed E-state index contributed by atoms with van der Waals surface area (Å²) in [6.45, 7) is 5.72. The Labute approximate surface area is 155 Å².